The van der Waals surface area contributed by atoms with Gasteiger partial charge in [0.25, 0.3) is 0 Å². The highest BCUT2D eigenvalue weighted by Crippen LogP contribution is 2.47. The Labute approximate surface area is 164 Å². The molecule has 0 spiro atoms. The third kappa shape index (κ3) is 4.01. The molecule has 1 heterocycles. The van der Waals surface area contributed by atoms with Gasteiger partial charge in [0.05, 0.1) is 17.4 Å². The van der Waals surface area contributed by atoms with E-state index in [-0.39, 0.29) is 11.2 Å². The summed E-state index contributed by atoms with van der Waals surface area (Å²) in [7, 11) is 1.78. The number of para-hydroxylation sites is 2. The van der Waals surface area contributed by atoms with E-state index >= 15 is 0 Å². The zero-order chi connectivity index (χ0) is 19.4. The van der Waals surface area contributed by atoms with Crippen molar-refractivity contribution in [3.05, 3.63) is 66.2 Å². The molecule has 1 aromatic heterocycles. The lowest BCUT2D eigenvalue weighted by molar-refractivity contribution is 0.602. The maximum Gasteiger partial charge on any atom is 0.191 e. The SMILES string of the molecule is CN=C(NCCCn1cnc2ccccc21)NCC1(c2cccc(F)c2)CC1. The van der Waals surface area contributed by atoms with Crippen LogP contribution in [0.15, 0.2) is 59.9 Å². The monoisotopic (exact) mass is 379 g/mol. The third-order valence-corrected chi connectivity index (χ3v) is 5.50. The fourth-order valence-electron chi connectivity index (χ4n) is 3.65. The molecule has 146 valence electrons. The minimum atomic E-state index is -0.168. The van der Waals surface area contributed by atoms with Gasteiger partial charge in [0.15, 0.2) is 5.96 Å². The maximum atomic E-state index is 13.5. The molecule has 3 aromatic rings. The van der Waals surface area contributed by atoms with E-state index in [9.17, 15) is 4.39 Å². The Morgan fingerprint density at radius 2 is 2.04 bits per heavy atom. The standard InChI is InChI=1S/C22H26FN5/c1-24-21(26-15-22(10-11-22)17-6-4-7-18(23)14-17)25-12-5-13-28-16-27-19-8-2-3-9-20(19)28/h2-4,6-9,14,16H,5,10-13,15H2,1H3,(H2,24,25,26). The number of aryl methyl sites for hydroxylation is 1. The third-order valence-electron chi connectivity index (χ3n) is 5.50. The van der Waals surface area contributed by atoms with Crippen LogP contribution in [0.25, 0.3) is 11.0 Å². The van der Waals surface area contributed by atoms with Gasteiger partial charge >= 0.3 is 0 Å². The zero-order valence-corrected chi connectivity index (χ0v) is 16.2. The van der Waals surface area contributed by atoms with E-state index in [4.69, 9.17) is 0 Å². The quantitative estimate of drug-likeness (QED) is 0.376. The number of guanidine groups is 1. The van der Waals surface area contributed by atoms with Crippen LogP contribution in [0.1, 0.15) is 24.8 Å². The van der Waals surface area contributed by atoms with Crippen LogP contribution >= 0.6 is 0 Å². The van der Waals surface area contributed by atoms with Gasteiger partial charge in [-0.1, -0.05) is 24.3 Å². The molecule has 0 atom stereocenters. The average Bonchev–Trinajstić information content (AvgIpc) is 3.41. The van der Waals surface area contributed by atoms with E-state index in [1.54, 1.807) is 19.2 Å². The van der Waals surface area contributed by atoms with Gasteiger partial charge in [-0.3, -0.25) is 4.99 Å². The average molecular weight is 379 g/mol. The molecular weight excluding hydrogens is 353 g/mol. The number of imidazole rings is 1. The molecule has 0 aliphatic heterocycles. The predicted octanol–water partition coefficient (Wildman–Crippen LogP) is 3.46. The van der Waals surface area contributed by atoms with Gasteiger partial charge < -0.3 is 15.2 Å². The van der Waals surface area contributed by atoms with Crippen molar-refractivity contribution in [1.29, 1.82) is 0 Å². The Kier molecular flexibility index (Phi) is 5.28. The van der Waals surface area contributed by atoms with Crippen molar-refractivity contribution in [1.82, 2.24) is 20.2 Å². The number of aliphatic imine (C=N–C) groups is 1. The molecule has 1 fully saturated rings. The van der Waals surface area contributed by atoms with E-state index in [1.807, 2.05) is 30.6 Å². The molecule has 2 N–H and O–H groups in total. The van der Waals surface area contributed by atoms with Gasteiger partial charge in [-0.2, -0.15) is 0 Å². The Morgan fingerprint density at radius 3 is 2.82 bits per heavy atom. The summed E-state index contributed by atoms with van der Waals surface area (Å²) in [6.07, 6.45) is 5.02. The second kappa shape index (κ2) is 8.00. The fourth-order valence-corrected chi connectivity index (χ4v) is 3.65. The van der Waals surface area contributed by atoms with Crippen LogP contribution in [0.2, 0.25) is 0 Å². The van der Waals surface area contributed by atoms with Crippen LogP contribution in [0, 0.1) is 5.82 Å². The smallest absolute Gasteiger partial charge is 0.191 e. The van der Waals surface area contributed by atoms with E-state index in [1.165, 1.54) is 6.07 Å². The minimum Gasteiger partial charge on any atom is -0.356 e. The lowest BCUT2D eigenvalue weighted by Crippen LogP contribution is -2.41. The van der Waals surface area contributed by atoms with Crippen LogP contribution in [-0.2, 0) is 12.0 Å². The zero-order valence-electron chi connectivity index (χ0n) is 16.2. The summed E-state index contributed by atoms with van der Waals surface area (Å²) in [5.41, 5.74) is 3.30. The molecule has 2 aromatic carbocycles. The summed E-state index contributed by atoms with van der Waals surface area (Å²) in [6, 6.07) is 15.1. The first-order valence-corrected chi connectivity index (χ1v) is 9.81. The molecular formula is C22H26FN5. The molecule has 0 amide bonds. The summed E-state index contributed by atoms with van der Waals surface area (Å²) in [4.78, 5) is 8.74. The van der Waals surface area contributed by atoms with Crippen molar-refractivity contribution in [3.63, 3.8) is 0 Å². The molecule has 0 bridgehead atoms. The Balaban J connectivity index is 1.25. The number of benzene rings is 2. The molecule has 0 unspecified atom stereocenters. The molecule has 1 aliphatic carbocycles. The fraction of sp³-hybridized carbons (Fsp3) is 0.364. The number of nitrogens with one attached hydrogen (secondary N) is 2. The van der Waals surface area contributed by atoms with E-state index in [0.717, 1.165) is 61.5 Å². The van der Waals surface area contributed by atoms with Crippen LogP contribution in [-0.4, -0.2) is 35.6 Å². The number of hydrogen-bond acceptors (Lipinski definition) is 2. The maximum absolute atomic E-state index is 13.5. The number of fused-ring (bicyclic) bond motifs is 1. The van der Waals surface area contributed by atoms with Crippen molar-refractivity contribution < 1.29 is 4.39 Å². The molecule has 5 nitrogen and oxygen atoms in total. The van der Waals surface area contributed by atoms with Gasteiger partial charge in [0.2, 0.25) is 0 Å². The Hall–Kier alpha value is -2.89. The van der Waals surface area contributed by atoms with Crippen LogP contribution in [0.5, 0.6) is 0 Å². The van der Waals surface area contributed by atoms with Gasteiger partial charge in [-0.25, -0.2) is 9.37 Å². The lowest BCUT2D eigenvalue weighted by atomic mass is 9.96. The highest BCUT2D eigenvalue weighted by molar-refractivity contribution is 5.79. The summed E-state index contributed by atoms with van der Waals surface area (Å²) in [6.45, 7) is 2.49. The minimum absolute atomic E-state index is 0.0371. The highest BCUT2D eigenvalue weighted by Gasteiger charge is 2.44. The topological polar surface area (TPSA) is 54.2 Å². The predicted molar refractivity (Wildman–Crippen MR) is 111 cm³/mol. The number of nitrogens with zero attached hydrogens (tertiary/aromatic N) is 3. The van der Waals surface area contributed by atoms with Crippen LogP contribution in [0.3, 0.4) is 0 Å². The molecule has 0 radical (unpaired) electrons. The Morgan fingerprint density at radius 1 is 1.18 bits per heavy atom. The molecule has 4 rings (SSSR count). The number of aromatic nitrogens is 2. The van der Waals surface area contributed by atoms with Gasteiger partial charge in [0, 0.05) is 32.1 Å². The van der Waals surface area contributed by atoms with Crippen molar-refractivity contribution in [2.75, 3.05) is 20.1 Å². The normalized spacial score (nSPS) is 15.6. The van der Waals surface area contributed by atoms with Crippen molar-refractivity contribution in [2.24, 2.45) is 4.99 Å². The number of hydrogen-bond donors (Lipinski definition) is 2. The van der Waals surface area contributed by atoms with Crippen molar-refractivity contribution in [3.8, 4) is 0 Å². The van der Waals surface area contributed by atoms with Crippen LogP contribution in [0.4, 0.5) is 4.39 Å². The first kappa shape index (κ1) is 18.5. The van der Waals surface area contributed by atoms with E-state index in [0.29, 0.717) is 0 Å². The number of rotatable bonds is 7. The second-order valence-electron chi connectivity index (χ2n) is 7.42. The van der Waals surface area contributed by atoms with Crippen molar-refractivity contribution in [2.45, 2.75) is 31.2 Å². The largest absolute Gasteiger partial charge is 0.356 e. The van der Waals surface area contributed by atoms with E-state index in [2.05, 4.69) is 31.2 Å². The molecule has 1 saturated carbocycles. The number of halogens is 1. The summed E-state index contributed by atoms with van der Waals surface area (Å²) >= 11 is 0. The summed E-state index contributed by atoms with van der Waals surface area (Å²) in [5.74, 6) is 0.622. The molecule has 1 aliphatic rings. The first-order valence-electron chi connectivity index (χ1n) is 9.81. The second-order valence-corrected chi connectivity index (χ2v) is 7.42. The summed E-state index contributed by atoms with van der Waals surface area (Å²) < 4.78 is 15.7. The highest BCUT2D eigenvalue weighted by atomic mass is 19.1. The van der Waals surface area contributed by atoms with Gasteiger partial charge in [-0.05, 0) is 49.1 Å². The molecule has 6 heteroatoms. The summed E-state index contributed by atoms with van der Waals surface area (Å²) in [5, 5.41) is 6.78. The van der Waals surface area contributed by atoms with Gasteiger partial charge in [0.1, 0.15) is 5.82 Å². The van der Waals surface area contributed by atoms with Crippen LogP contribution < -0.4 is 10.6 Å². The van der Waals surface area contributed by atoms with E-state index < -0.39 is 0 Å². The molecule has 0 saturated heterocycles. The lowest BCUT2D eigenvalue weighted by Gasteiger charge is -2.19. The Bertz CT molecular complexity index is 974. The van der Waals surface area contributed by atoms with Crippen molar-refractivity contribution >= 4 is 17.0 Å². The molecule has 28 heavy (non-hydrogen) atoms. The first-order chi connectivity index (χ1) is 13.7. The van der Waals surface area contributed by atoms with Gasteiger partial charge in [-0.15, -0.1) is 0 Å².